The van der Waals surface area contributed by atoms with Gasteiger partial charge in [-0.15, -0.1) is 0 Å². The van der Waals surface area contributed by atoms with Crippen LogP contribution in [0.25, 0.3) is 0 Å². The van der Waals surface area contributed by atoms with Crippen molar-refractivity contribution in [1.29, 1.82) is 0 Å². The molecule has 0 aromatic rings. The maximum Gasteiger partial charge on any atom is 0.220 e. The van der Waals surface area contributed by atoms with Crippen LogP contribution in [0.15, 0.2) is 0 Å². The van der Waals surface area contributed by atoms with E-state index in [9.17, 15) is 4.79 Å². The monoisotopic (exact) mass is 270 g/mol. The molecule has 0 bridgehead atoms. The van der Waals surface area contributed by atoms with E-state index in [-0.39, 0.29) is 29.4 Å². The zero-order chi connectivity index (χ0) is 14.5. The second kappa shape index (κ2) is 7.25. The third kappa shape index (κ3) is 4.46. The molecule has 3 unspecified atom stereocenters. The van der Waals surface area contributed by atoms with Crippen LogP contribution in [-0.4, -0.2) is 31.2 Å². The normalized spacial score (nSPS) is 26.6. The van der Waals surface area contributed by atoms with Gasteiger partial charge in [0.2, 0.25) is 5.91 Å². The van der Waals surface area contributed by atoms with Crippen molar-refractivity contribution < 1.29 is 9.53 Å². The summed E-state index contributed by atoms with van der Waals surface area (Å²) in [5, 5.41) is 3.12. The van der Waals surface area contributed by atoms with Crippen molar-refractivity contribution in [2.45, 2.75) is 65.5 Å². The summed E-state index contributed by atoms with van der Waals surface area (Å²) in [6, 6.07) is 0.233. The molecule has 0 heterocycles. The van der Waals surface area contributed by atoms with Gasteiger partial charge in [-0.1, -0.05) is 34.1 Å². The maximum absolute atomic E-state index is 11.9. The Labute approximate surface area is 117 Å². The van der Waals surface area contributed by atoms with Crippen LogP contribution in [0.2, 0.25) is 0 Å². The van der Waals surface area contributed by atoms with Gasteiger partial charge in [-0.2, -0.15) is 0 Å². The summed E-state index contributed by atoms with van der Waals surface area (Å²) in [7, 11) is 0. The van der Waals surface area contributed by atoms with Crippen LogP contribution in [0.4, 0.5) is 0 Å². The molecule has 0 aliphatic heterocycles. The van der Waals surface area contributed by atoms with E-state index in [1.807, 2.05) is 6.92 Å². The van der Waals surface area contributed by atoms with Crippen LogP contribution >= 0.6 is 0 Å². The first-order valence-corrected chi connectivity index (χ1v) is 7.52. The van der Waals surface area contributed by atoms with Gasteiger partial charge >= 0.3 is 0 Å². The Kier molecular flexibility index (Phi) is 6.27. The fourth-order valence-corrected chi connectivity index (χ4v) is 2.44. The summed E-state index contributed by atoms with van der Waals surface area (Å²) in [4.78, 5) is 11.9. The van der Waals surface area contributed by atoms with E-state index in [4.69, 9.17) is 10.5 Å². The number of nitrogens with one attached hydrogen (secondary N) is 1. The average Bonchev–Trinajstić information content (AvgIpc) is 2.36. The minimum atomic E-state index is 0.0371. The highest BCUT2D eigenvalue weighted by atomic mass is 16.5. The molecule has 0 saturated heterocycles. The fraction of sp³-hybridized carbons (Fsp3) is 0.933. The summed E-state index contributed by atoms with van der Waals surface area (Å²) in [5.74, 6) is 0.364. The van der Waals surface area contributed by atoms with Gasteiger partial charge in [0.1, 0.15) is 0 Å². The van der Waals surface area contributed by atoms with Crippen LogP contribution in [0, 0.1) is 11.3 Å². The van der Waals surface area contributed by atoms with Gasteiger partial charge in [-0.25, -0.2) is 0 Å². The number of hydrogen-bond donors (Lipinski definition) is 2. The molecule has 0 aromatic heterocycles. The molecule has 1 rings (SSSR count). The molecule has 19 heavy (non-hydrogen) atoms. The Hall–Kier alpha value is -0.610. The third-order valence-electron chi connectivity index (χ3n) is 4.27. The zero-order valence-electron chi connectivity index (χ0n) is 12.9. The van der Waals surface area contributed by atoms with Crippen LogP contribution in [0.5, 0.6) is 0 Å². The number of carbonyl (C=O) groups excluding carboxylic acids is 1. The minimum Gasteiger partial charge on any atom is -0.378 e. The van der Waals surface area contributed by atoms with Crippen molar-refractivity contribution in [2.24, 2.45) is 17.1 Å². The largest absolute Gasteiger partial charge is 0.378 e. The van der Waals surface area contributed by atoms with Gasteiger partial charge < -0.3 is 15.8 Å². The van der Waals surface area contributed by atoms with Crippen molar-refractivity contribution in [2.75, 3.05) is 13.2 Å². The molecular weight excluding hydrogens is 240 g/mol. The first kappa shape index (κ1) is 16.4. The number of hydrogen-bond acceptors (Lipinski definition) is 3. The number of rotatable bonds is 8. The van der Waals surface area contributed by atoms with Gasteiger partial charge in [0.15, 0.2) is 0 Å². The molecule has 3 atom stereocenters. The molecule has 1 aliphatic carbocycles. The van der Waals surface area contributed by atoms with E-state index in [0.717, 1.165) is 25.9 Å². The molecule has 1 aliphatic rings. The van der Waals surface area contributed by atoms with Crippen LogP contribution in [0.1, 0.15) is 53.4 Å². The van der Waals surface area contributed by atoms with Gasteiger partial charge in [0.05, 0.1) is 6.10 Å². The van der Waals surface area contributed by atoms with Crippen LogP contribution < -0.4 is 11.1 Å². The van der Waals surface area contributed by atoms with Gasteiger partial charge in [-0.05, 0) is 25.3 Å². The molecule has 0 aromatic carbocycles. The predicted octanol–water partition coefficient (Wildman–Crippen LogP) is 2.07. The highest BCUT2D eigenvalue weighted by Crippen LogP contribution is 2.42. The summed E-state index contributed by atoms with van der Waals surface area (Å²) in [6.07, 6.45) is 3.99. The lowest BCUT2D eigenvalue weighted by atomic mass is 9.64. The molecule has 1 fully saturated rings. The van der Waals surface area contributed by atoms with E-state index >= 15 is 0 Å². The maximum atomic E-state index is 11.9. The lowest BCUT2D eigenvalue weighted by Gasteiger charge is -2.51. The van der Waals surface area contributed by atoms with E-state index in [2.05, 4.69) is 26.1 Å². The molecule has 1 amide bonds. The summed E-state index contributed by atoms with van der Waals surface area (Å²) in [6.45, 7) is 9.90. The van der Waals surface area contributed by atoms with Crippen molar-refractivity contribution in [3.63, 3.8) is 0 Å². The van der Waals surface area contributed by atoms with Crippen molar-refractivity contribution >= 4 is 5.91 Å². The standard InChI is InChI=1S/C15H30N2O2/c1-5-6-7-19-13-9-12(15(13,3)4)17-14(18)8-11(2)10-16/h11-13H,5-10,16H2,1-4H3,(H,17,18). The van der Waals surface area contributed by atoms with E-state index < -0.39 is 0 Å². The lowest BCUT2D eigenvalue weighted by molar-refractivity contribution is -0.138. The number of ether oxygens (including phenoxy) is 1. The number of nitrogens with two attached hydrogens (primary N) is 1. The Morgan fingerprint density at radius 1 is 1.53 bits per heavy atom. The Morgan fingerprint density at radius 2 is 2.21 bits per heavy atom. The molecular formula is C15H30N2O2. The number of unbranched alkanes of at least 4 members (excludes halogenated alkanes) is 1. The minimum absolute atomic E-state index is 0.0371. The van der Waals surface area contributed by atoms with Gasteiger partial charge in [0.25, 0.3) is 0 Å². The second-order valence-electron chi connectivity index (χ2n) is 6.44. The fourth-order valence-electron chi connectivity index (χ4n) is 2.44. The molecule has 1 saturated carbocycles. The summed E-state index contributed by atoms with van der Waals surface area (Å²) in [5.41, 5.74) is 5.58. The second-order valence-corrected chi connectivity index (χ2v) is 6.44. The lowest BCUT2D eigenvalue weighted by Crippen LogP contribution is -2.62. The molecule has 0 spiro atoms. The Bertz CT molecular complexity index is 292. The first-order valence-electron chi connectivity index (χ1n) is 7.52. The molecule has 0 radical (unpaired) electrons. The van der Waals surface area contributed by atoms with E-state index in [1.54, 1.807) is 0 Å². The van der Waals surface area contributed by atoms with Crippen LogP contribution in [0.3, 0.4) is 0 Å². The quantitative estimate of drug-likeness (QED) is 0.664. The van der Waals surface area contributed by atoms with Gasteiger partial charge in [0, 0.05) is 24.5 Å². The predicted molar refractivity (Wildman–Crippen MR) is 77.8 cm³/mol. The number of carbonyl (C=O) groups is 1. The smallest absolute Gasteiger partial charge is 0.220 e. The Morgan fingerprint density at radius 3 is 2.74 bits per heavy atom. The molecule has 4 nitrogen and oxygen atoms in total. The molecule has 112 valence electrons. The zero-order valence-corrected chi connectivity index (χ0v) is 12.9. The molecule has 3 N–H and O–H groups in total. The van der Waals surface area contributed by atoms with Crippen molar-refractivity contribution in [1.82, 2.24) is 5.32 Å². The van der Waals surface area contributed by atoms with Gasteiger partial charge in [-0.3, -0.25) is 4.79 Å². The average molecular weight is 270 g/mol. The van der Waals surface area contributed by atoms with E-state index in [0.29, 0.717) is 13.0 Å². The SMILES string of the molecule is CCCCOC1CC(NC(=O)CC(C)CN)C1(C)C. The van der Waals surface area contributed by atoms with Crippen molar-refractivity contribution in [3.05, 3.63) is 0 Å². The third-order valence-corrected chi connectivity index (χ3v) is 4.27. The highest BCUT2D eigenvalue weighted by molar-refractivity contribution is 5.76. The molecule has 4 heteroatoms. The topological polar surface area (TPSA) is 64.3 Å². The number of amides is 1. The highest BCUT2D eigenvalue weighted by Gasteiger charge is 2.49. The summed E-state index contributed by atoms with van der Waals surface area (Å²) >= 11 is 0. The van der Waals surface area contributed by atoms with Crippen molar-refractivity contribution in [3.8, 4) is 0 Å². The van der Waals surface area contributed by atoms with E-state index in [1.165, 1.54) is 0 Å². The Balaban J connectivity index is 2.32. The summed E-state index contributed by atoms with van der Waals surface area (Å²) < 4.78 is 5.88. The first-order chi connectivity index (χ1) is 8.91. The van der Waals surface area contributed by atoms with Crippen LogP contribution in [-0.2, 0) is 9.53 Å².